The molecule has 41 heavy (non-hydrogen) atoms. The number of hydrogen-bond donors (Lipinski definition) is 0. The molecular formula is C32H32Cl2N4O3. The number of halogens is 2. The first-order chi connectivity index (χ1) is 19.6. The molecule has 0 fully saturated rings. The van der Waals surface area contributed by atoms with Gasteiger partial charge in [-0.15, -0.1) is 0 Å². The van der Waals surface area contributed by atoms with Crippen molar-refractivity contribution in [3.8, 4) is 17.5 Å². The molecular weight excluding hydrogens is 559 g/mol. The first-order valence-electron chi connectivity index (χ1n) is 13.3. The van der Waals surface area contributed by atoms with Crippen molar-refractivity contribution in [1.29, 1.82) is 5.26 Å². The molecule has 0 aliphatic carbocycles. The van der Waals surface area contributed by atoms with Gasteiger partial charge in [-0.2, -0.15) is 10.4 Å². The number of esters is 1. The summed E-state index contributed by atoms with van der Waals surface area (Å²) in [5.41, 5.74) is 6.54. The number of carbonyl (C=O) groups excluding carboxylic acids is 1. The molecule has 0 saturated carbocycles. The Labute approximate surface area is 250 Å². The van der Waals surface area contributed by atoms with Gasteiger partial charge in [0.25, 0.3) is 0 Å². The molecule has 0 aliphatic heterocycles. The van der Waals surface area contributed by atoms with Gasteiger partial charge < -0.3 is 9.47 Å². The average Bonchev–Trinajstić information content (AvgIpc) is 3.34. The van der Waals surface area contributed by atoms with Gasteiger partial charge in [-0.25, -0.2) is 14.5 Å². The number of hydrogen-bond acceptors (Lipinski definition) is 6. The van der Waals surface area contributed by atoms with Gasteiger partial charge in [0.1, 0.15) is 17.5 Å². The number of aromatic nitrogens is 3. The molecule has 2 aromatic heterocycles. The van der Waals surface area contributed by atoms with Gasteiger partial charge in [0, 0.05) is 27.6 Å². The van der Waals surface area contributed by atoms with Gasteiger partial charge >= 0.3 is 5.97 Å². The molecule has 1 unspecified atom stereocenters. The highest BCUT2D eigenvalue weighted by Crippen LogP contribution is 2.41. The Balaban J connectivity index is 2.11. The number of rotatable bonds is 9. The van der Waals surface area contributed by atoms with E-state index >= 15 is 0 Å². The monoisotopic (exact) mass is 590 g/mol. The molecule has 9 heteroatoms. The largest absolute Gasteiger partial charge is 0.493 e. The first-order valence-corrected chi connectivity index (χ1v) is 14.1. The van der Waals surface area contributed by atoms with Crippen LogP contribution in [0, 0.1) is 25.2 Å². The maximum absolute atomic E-state index is 13.6. The summed E-state index contributed by atoms with van der Waals surface area (Å²) in [7, 11) is 1.53. The smallest absolute Gasteiger partial charge is 0.359 e. The zero-order chi connectivity index (χ0) is 29.8. The molecule has 0 N–H and O–H groups in total. The quantitative estimate of drug-likeness (QED) is 0.185. The zero-order valence-electron chi connectivity index (χ0n) is 24.0. The van der Waals surface area contributed by atoms with Gasteiger partial charge in [0.15, 0.2) is 11.4 Å². The average molecular weight is 592 g/mol. The Morgan fingerprint density at radius 1 is 1.07 bits per heavy atom. The molecule has 4 aromatic rings. The SMILES string of the molecule is CCOC(=O)c1nn(-c2cc(C#N)ncc2OC)c(C(C)C)c1C(Cc1cc(Cl)ccc1C)c1ccc(Cl)cc1C. The Bertz CT molecular complexity index is 1640. The van der Waals surface area contributed by atoms with E-state index in [9.17, 15) is 10.1 Å². The number of aryl methyl sites for hydroxylation is 2. The van der Waals surface area contributed by atoms with Gasteiger partial charge in [0.2, 0.25) is 0 Å². The van der Waals surface area contributed by atoms with Crippen molar-refractivity contribution in [3.63, 3.8) is 0 Å². The number of pyridine rings is 1. The Kier molecular flexibility index (Phi) is 9.37. The molecule has 1 atom stereocenters. The van der Waals surface area contributed by atoms with Crippen molar-refractivity contribution >= 4 is 29.2 Å². The van der Waals surface area contributed by atoms with Crippen molar-refractivity contribution in [1.82, 2.24) is 14.8 Å². The van der Waals surface area contributed by atoms with Crippen LogP contribution in [0.4, 0.5) is 0 Å². The Morgan fingerprint density at radius 3 is 2.41 bits per heavy atom. The summed E-state index contributed by atoms with van der Waals surface area (Å²) in [6.45, 7) is 10.1. The van der Waals surface area contributed by atoms with Crippen LogP contribution >= 0.6 is 23.2 Å². The second kappa shape index (κ2) is 12.8. The van der Waals surface area contributed by atoms with Crippen LogP contribution in [0.2, 0.25) is 10.0 Å². The highest BCUT2D eigenvalue weighted by molar-refractivity contribution is 6.31. The minimum Gasteiger partial charge on any atom is -0.493 e. The summed E-state index contributed by atoms with van der Waals surface area (Å²) in [6.07, 6.45) is 2.03. The number of benzene rings is 2. The van der Waals surface area contributed by atoms with Crippen molar-refractivity contribution in [3.05, 3.63) is 104 Å². The van der Waals surface area contributed by atoms with Gasteiger partial charge in [-0.05, 0) is 79.6 Å². The summed E-state index contributed by atoms with van der Waals surface area (Å²) in [5.74, 6) is -0.505. The van der Waals surface area contributed by atoms with E-state index in [2.05, 4.69) is 11.1 Å². The van der Waals surface area contributed by atoms with Crippen molar-refractivity contribution in [2.24, 2.45) is 0 Å². The van der Waals surface area contributed by atoms with Gasteiger partial charge in [-0.1, -0.05) is 49.2 Å². The molecule has 212 valence electrons. The molecule has 0 radical (unpaired) electrons. The van der Waals surface area contributed by atoms with E-state index in [4.69, 9.17) is 37.8 Å². The number of methoxy groups -OCH3 is 1. The number of nitrogens with zero attached hydrogens (tertiary/aromatic N) is 4. The molecule has 7 nitrogen and oxygen atoms in total. The normalized spacial score (nSPS) is 11.8. The molecule has 0 aliphatic rings. The van der Waals surface area contributed by atoms with Crippen LogP contribution in [0.1, 0.15) is 82.3 Å². The predicted molar refractivity (Wildman–Crippen MR) is 161 cm³/mol. The summed E-state index contributed by atoms with van der Waals surface area (Å²) < 4.78 is 12.8. The fourth-order valence-corrected chi connectivity index (χ4v) is 5.59. The minimum absolute atomic E-state index is 0.0837. The lowest BCUT2D eigenvalue weighted by Gasteiger charge is -2.24. The second-order valence-corrected chi connectivity index (χ2v) is 11.0. The molecule has 0 amide bonds. The predicted octanol–water partition coefficient (Wildman–Crippen LogP) is 7.75. The van der Waals surface area contributed by atoms with E-state index in [0.717, 1.165) is 33.5 Å². The van der Waals surface area contributed by atoms with E-state index in [-0.39, 0.29) is 29.8 Å². The fourth-order valence-electron chi connectivity index (χ4n) is 5.17. The van der Waals surface area contributed by atoms with Crippen molar-refractivity contribution in [2.45, 2.75) is 52.9 Å². The van der Waals surface area contributed by atoms with Crippen LogP contribution < -0.4 is 4.74 Å². The van der Waals surface area contributed by atoms with Crippen molar-refractivity contribution in [2.75, 3.05) is 13.7 Å². The molecule has 2 heterocycles. The van der Waals surface area contributed by atoms with Crippen LogP contribution in [-0.4, -0.2) is 34.5 Å². The van der Waals surface area contributed by atoms with Crippen molar-refractivity contribution < 1.29 is 14.3 Å². The first kappa shape index (κ1) is 30.1. The van der Waals surface area contributed by atoms with Crippen LogP contribution in [0.5, 0.6) is 5.75 Å². The van der Waals surface area contributed by atoms with E-state index in [1.807, 2.05) is 64.1 Å². The molecule has 0 saturated heterocycles. The lowest BCUT2D eigenvalue weighted by atomic mass is 9.80. The highest BCUT2D eigenvalue weighted by Gasteiger charge is 2.34. The molecule has 0 spiro atoms. The fraction of sp³-hybridized carbons (Fsp3) is 0.312. The van der Waals surface area contributed by atoms with Gasteiger partial charge in [-0.3, -0.25) is 0 Å². The number of nitriles is 1. The lowest BCUT2D eigenvalue weighted by Crippen LogP contribution is -2.16. The molecule has 4 rings (SSSR count). The third-order valence-electron chi connectivity index (χ3n) is 7.08. The zero-order valence-corrected chi connectivity index (χ0v) is 25.5. The highest BCUT2D eigenvalue weighted by atomic mass is 35.5. The van der Waals surface area contributed by atoms with E-state index in [1.54, 1.807) is 17.7 Å². The van der Waals surface area contributed by atoms with Crippen LogP contribution in [-0.2, 0) is 11.2 Å². The summed E-state index contributed by atoms with van der Waals surface area (Å²) >= 11 is 12.8. The molecule has 0 bridgehead atoms. The number of ether oxygens (including phenoxy) is 2. The summed E-state index contributed by atoms with van der Waals surface area (Å²) in [6, 6.07) is 15.3. The van der Waals surface area contributed by atoms with E-state index in [1.165, 1.54) is 13.3 Å². The Morgan fingerprint density at radius 2 is 1.78 bits per heavy atom. The van der Waals surface area contributed by atoms with E-state index in [0.29, 0.717) is 27.9 Å². The Hall–Kier alpha value is -3.86. The van der Waals surface area contributed by atoms with Crippen LogP contribution in [0.3, 0.4) is 0 Å². The lowest BCUT2D eigenvalue weighted by molar-refractivity contribution is 0.0517. The third-order valence-corrected chi connectivity index (χ3v) is 7.55. The van der Waals surface area contributed by atoms with Crippen LogP contribution in [0.25, 0.3) is 5.69 Å². The van der Waals surface area contributed by atoms with Gasteiger partial charge in [0.05, 0.1) is 25.6 Å². The van der Waals surface area contributed by atoms with Crippen LogP contribution in [0.15, 0.2) is 48.7 Å². The minimum atomic E-state index is -0.531. The molecule has 2 aromatic carbocycles. The standard InChI is InChI=1S/C32H32Cl2N4O3/c1-7-41-32(39)30-29(31(18(2)3)38(37-30)27-15-24(16-35)36-17-28(27)40-6)26(25-11-10-22(33)12-20(25)5)14-21-13-23(34)9-8-19(21)4/h8-13,15,17-18,26H,7,14H2,1-6H3. The topological polar surface area (TPSA) is 90.0 Å². The van der Waals surface area contributed by atoms with E-state index < -0.39 is 5.97 Å². The number of carbonyl (C=O) groups is 1. The maximum Gasteiger partial charge on any atom is 0.359 e. The summed E-state index contributed by atoms with van der Waals surface area (Å²) in [5, 5.41) is 15.7. The summed E-state index contributed by atoms with van der Waals surface area (Å²) in [4.78, 5) is 17.7. The maximum atomic E-state index is 13.6. The third kappa shape index (κ3) is 6.24. The second-order valence-electron chi connectivity index (χ2n) is 10.1.